The van der Waals surface area contributed by atoms with Crippen molar-refractivity contribution in [3.05, 3.63) is 83.2 Å². The number of carbonyl (C=O) groups is 2. The molecular formula is C36H42N4O5. The first-order valence-corrected chi connectivity index (χ1v) is 15.1. The topological polar surface area (TPSA) is 113 Å². The number of hydrogen-bond donors (Lipinski definition) is 0. The molecule has 2 aromatic heterocycles. The van der Waals surface area contributed by atoms with Gasteiger partial charge in [0.05, 0.1) is 47.5 Å². The molecule has 0 N–H and O–H groups in total. The van der Waals surface area contributed by atoms with E-state index in [0.29, 0.717) is 11.4 Å². The molecule has 9 heteroatoms. The summed E-state index contributed by atoms with van der Waals surface area (Å²) in [6.45, 7) is 15.0. The lowest BCUT2D eigenvalue weighted by molar-refractivity contribution is -0.154. The molecule has 0 saturated carbocycles. The van der Waals surface area contributed by atoms with Crippen LogP contribution >= 0.6 is 0 Å². The minimum absolute atomic E-state index is 0.196. The first kappa shape index (κ1) is 33.4. The van der Waals surface area contributed by atoms with E-state index in [2.05, 4.69) is 20.4 Å². The highest BCUT2D eigenvalue weighted by molar-refractivity contribution is 5.82. The van der Waals surface area contributed by atoms with Crippen LogP contribution in [0.5, 0.6) is 0 Å². The van der Waals surface area contributed by atoms with Crippen LogP contribution in [-0.4, -0.2) is 43.5 Å². The normalized spacial score (nSPS) is 13.9. The van der Waals surface area contributed by atoms with Crippen LogP contribution in [-0.2, 0) is 23.8 Å². The fourth-order valence-electron chi connectivity index (χ4n) is 4.56. The van der Waals surface area contributed by atoms with Crippen LogP contribution < -0.4 is 0 Å². The van der Waals surface area contributed by atoms with Gasteiger partial charge in [-0.1, -0.05) is 36.4 Å². The molecule has 0 aliphatic rings. The van der Waals surface area contributed by atoms with Crippen LogP contribution in [0, 0.1) is 0 Å². The Bertz CT molecular complexity index is 1610. The lowest BCUT2D eigenvalue weighted by Gasteiger charge is -2.18. The Morgan fingerprint density at radius 2 is 1.04 bits per heavy atom. The summed E-state index contributed by atoms with van der Waals surface area (Å²) >= 11 is 0. The number of rotatable bonds is 10. The van der Waals surface area contributed by atoms with E-state index < -0.39 is 11.2 Å². The number of carbonyl (C=O) groups excluding carboxylic acids is 2. The number of hydrogen-bond acceptors (Lipinski definition) is 9. The second-order valence-corrected chi connectivity index (χ2v) is 13.0. The van der Waals surface area contributed by atoms with Crippen molar-refractivity contribution in [1.29, 1.82) is 0 Å². The van der Waals surface area contributed by atoms with E-state index in [1.165, 1.54) is 0 Å². The Balaban J connectivity index is 1.42. The first-order valence-electron chi connectivity index (χ1n) is 15.1. The molecule has 0 saturated heterocycles. The van der Waals surface area contributed by atoms with Gasteiger partial charge in [-0.05, 0) is 103 Å². The van der Waals surface area contributed by atoms with E-state index in [0.717, 1.165) is 32.9 Å². The van der Waals surface area contributed by atoms with Crippen molar-refractivity contribution in [3.8, 4) is 0 Å². The molecule has 2 heterocycles. The molecule has 0 spiro atoms. The van der Waals surface area contributed by atoms with E-state index >= 15 is 0 Å². The van der Waals surface area contributed by atoms with Crippen LogP contribution in [0.4, 0.5) is 0 Å². The highest BCUT2D eigenvalue weighted by Gasteiger charge is 2.18. The summed E-state index contributed by atoms with van der Waals surface area (Å²) < 4.78 is 17.0. The van der Waals surface area contributed by atoms with Gasteiger partial charge in [0, 0.05) is 10.8 Å². The molecule has 0 bridgehead atoms. The lowest BCUT2D eigenvalue weighted by atomic mass is 10.1. The summed E-state index contributed by atoms with van der Waals surface area (Å²) in [5.74, 6) is -0.534. The predicted molar refractivity (Wildman–Crippen MR) is 176 cm³/mol. The molecule has 2 unspecified atom stereocenters. The van der Waals surface area contributed by atoms with Crippen molar-refractivity contribution < 1.29 is 23.8 Å². The summed E-state index contributed by atoms with van der Waals surface area (Å²) in [6.07, 6.45) is 7.06. The Labute approximate surface area is 264 Å². The van der Waals surface area contributed by atoms with Crippen LogP contribution in [0.3, 0.4) is 0 Å². The largest absolute Gasteiger partial charge is 0.460 e. The number of aromatic nitrogens is 4. The van der Waals surface area contributed by atoms with Crippen molar-refractivity contribution in [2.24, 2.45) is 0 Å². The molecule has 9 nitrogen and oxygen atoms in total. The van der Waals surface area contributed by atoms with E-state index in [1.54, 1.807) is 12.2 Å². The van der Waals surface area contributed by atoms with Crippen LogP contribution in [0.1, 0.15) is 103 Å². The first-order chi connectivity index (χ1) is 21.1. The SMILES string of the molecule is CC(OC(C)c1cc2cc(/C=C/CC(=O)OC(C)(C)C)ccc2nn1)c1cc2cc(/C=C/CC(=O)OC(C)(C)C)ccc2nn1. The van der Waals surface area contributed by atoms with Gasteiger partial charge in [0.25, 0.3) is 0 Å². The van der Waals surface area contributed by atoms with Gasteiger partial charge >= 0.3 is 11.9 Å². The molecule has 4 rings (SSSR count). The van der Waals surface area contributed by atoms with Gasteiger partial charge < -0.3 is 14.2 Å². The van der Waals surface area contributed by atoms with Crippen LogP contribution in [0.2, 0.25) is 0 Å². The van der Waals surface area contributed by atoms with Crippen molar-refractivity contribution >= 4 is 45.9 Å². The zero-order valence-electron chi connectivity index (χ0n) is 27.3. The maximum absolute atomic E-state index is 12.0. The minimum atomic E-state index is -0.507. The standard InChI is InChI=1S/C36H42N4O5/c1-23(31-21-27-19-25(15-17-29(27)37-39-31)11-9-13-33(41)44-35(3,4)5)43-24(2)32-22-28-20-26(16-18-30(28)38-40-32)12-10-14-34(42)45-36(6,7)8/h9-12,15-24H,13-14H2,1-8H3/b11-9+,12-10+. The van der Waals surface area contributed by atoms with E-state index in [4.69, 9.17) is 14.2 Å². The molecule has 0 fully saturated rings. The monoisotopic (exact) mass is 610 g/mol. The molecule has 45 heavy (non-hydrogen) atoms. The third kappa shape index (κ3) is 10.3. The molecule has 0 radical (unpaired) electrons. The maximum atomic E-state index is 12.0. The number of nitrogens with zero attached hydrogens (tertiary/aromatic N) is 4. The van der Waals surface area contributed by atoms with Crippen LogP contribution in [0.25, 0.3) is 34.0 Å². The summed E-state index contributed by atoms with van der Waals surface area (Å²) in [6, 6.07) is 15.6. The highest BCUT2D eigenvalue weighted by atomic mass is 16.6. The molecule has 236 valence electrons. The predicted octanol–water partition coefficient (Wildman–Crippen LogP) is 7.90. The molecule has 0 aliphatic carbocycles. The van der Waals surface area contributed by atoms with Gasteiger partial charge in [-0.2, -0.15) is 20.4 Å². The third-order valence-electron chi connectivity index (χ3n) is 6.53. The van der Waals surface area contributed by atoms with E-state index in [1.807, 2.05) is 116 Å². The number of benzene rings is 2. The van der Waals surface area contributed by atoms with Gasteiger partial charge in [0.15, 0.2) is 0 Å². The number of esters is 2. The molecule has 2 aromatic carbocycles. The summed E-state index contributed by atoms with van der Waals surface area (Å²) in [4.78, 5) is 24.0. The van der Waals surface area contributed by atoms with Crippen molar-refractivity contribution in [3.63, 3.8) is 0 Å². The van der Waals surface area contributed by atoms with Gasteiger partial charge in [0.2, 0.25) is 0 Å². The van der Waals surface area contributed by atoms with Crippen molar-refractivity contribution in [2.45, 2.75) is 91.6 Å². The lowest BCUT2D eigenvalue weighted by Crippen LogP contribution is -2.23. The zero-order valence-corrected chi connectivity index (χ0v) is 27.3. The van der Waals surface area contributed by atoms with Crippen molar-refractivity contribution in [2.75, 3.05) is 0 Å². The zero-order chi connectivity index (χ0) is 32.8. The number of ether oxygens (including phenoxy) is 3. The van der Waals surface area contributed by atoms with E-state index in [9.17, 15) is 9.59 Å². The molecular weight excluding hydrogens is 568 g/mol. The molecule has 4 aromatic rings. The van der Waals surface area contributed by atoms with Gasteiger partial charge in [-0.3, -0.25) is 9.59 Å². The maximum Gasteiger partial charge on any atom is 0.310 e. The average molecular weight is 611 g/mol. The van der Waals surface area contributed by atoms with E-state index in [-0.39, 0.29) is 37.0 Å². The Morgan fingerprint density at radius 3 is 1.42 bits per heavy atom. The van der Waals surface area contributed by atoms with Gasteiger partial charge in [-0.15, -0.1) is 0 Å². The van der Waals surface area contributed by atoms with Gasteiger partial charge in [-0.25, -0.2) is 0 Å². The Kier molecular flexibility index (Phi) is 10.4. The third-order valence-corrected chi connectivity index (χ3v) is 6.53. The summed E-state index contributed by atoms with van der Waals surface area (Å²) in [5.41, 5.74) is 3.78. The second kappa shape index (κ2) is 14.1. The van der Waals surface area contributed by atoms with Gasteiger partial charge in [0.1, 0.15) is 11.2 Å². The Hall–Kier alpha value is -4.50. The van der Waals surface area contributed by atoms with Crippen LogP contribution in [0.15, 0.2) is 60.7 Å². The average Bonchev–Trinajstić information content (AvgIpc) is 2.94. The Morgan fingerprint density at radius 1 is 0.644 bits per heavy atom. The fourth-order valence-corrected chi connectivity index (χ4v) is 4.56. The smallest absolute Gasteiger partial charge is 0.310 e. The molecule has 0 amide bonds. The highest BCUT2D eigenvalue weighted by Crippen LogP contribution is 2.27. The fraction of sp³-hybridized carbons (Fsp3) is 0.389. The van der Waals surface area contributed by atoms with Crippen molar-refractivity contribution in [1.82, 2.24) is 20.4 Å². The minimum Gasteiger partial charge on any atom is -0.460 e. The molecule has 0 aliphatic heterocycles. The summed E-state index contributed by atoms with van der Waals surface area (Å²) in [5, 5.41) is 19.4. The number of fused-ring (bicyclic) bond motifs is 2. The quantitative estimate of drug-likeness (QED) is 0.165. The summed E-state index contributed by atoms with van der Waals surface area (Å²) in [7, 11) is 0. The second-order valence-electron chi connectivity index (χ2n) is 13.0. The molecule has 2 atom stereocenters.